The molecule has 42 heteroatoms. The molecular formula is C87H54Cl5N15O17S5. The normalized spacial score (nSPS) is 12.0. The summed E-state index contributed by atoms with van der Waals surface area (Å²) in [6, 6.07) is 54.2. The standard InChI is InChI=1S/5C17H10ClN3O3S.C2H4O2/c5*1-9-15(22)19-17-21(20-9)16(23)14(25-17)8-12-6-7-13(24-12)10-2-4-11(18)5-3-10;1-2(3)4/h5*2-8H,1H3;1H3,(H,3,4)/b5*14-8+;. The van der Waals surface area contributed by atoms with Crippen molar-refractivity contribution in [2.75, 3.05) is 0 Å². The molecule has 0 unspecified atom stereocenters. The zero-order valence-electron chi connectivity index (χ0n) is 66.8. The van der Waals surface area contributed by atoms with E-state index in [9.17, 15) is 47.9 Å². The van der Waals surface area contributed by atoms with Gasteiger partial charge in [0.15, 0.2) is 0 Å². The van der Waals surface area contributed by atoms with Crippen molar-refractivity contribution in [1.82, 2.24) is 73.0 Å². The van der Waals surface area contributed by atoms with E-state index < -0.39 is 33.8 Å². The number of carboxylic acid groups (broad SMARTS) is 1. The number of aromatic nitrogens is 15. The van der Waals surface area contributed by atoms with Crippen molar-refractivity contribution < 1.29 is 32.0 Å². The minimum atomic E-state index is -0.833. The number of rotatable bonds is 10. The largest absolute Gasteiger partial charge is 0.481 e. The fourth-order valence-electron chi connectivity index (χ4n) is 11.6. The number of hydrogen-bond acceptors (Lipinski definition) is 31. The molecule has 15 heterocycles. The number of thiazole rings is 5. The van der Waals surface area contributed by atoms with Crippen LogP contribution in [0.3, 0.4) is 0 Å². The number of benzene rings is 5. The third-order valence-electron chi connectivity index (χ3n) is 17.9. The van der Waals surface area contributed by atoms with Crippen molar-refractivity contribution in [2.24, 2.45) is 0 Å². The van der Waals surface area contributed by atoms with E-state index in [0.717, 1.165) is 114 Å². The zero-order valence-corrected chi connectivity index (χ0v) is 74.7. The SMILES string of the molecule is CC(=O)O.Cc1nn2c(=O)/c(=C\c3ccc(-c4ccc(Cl)cc4)o3)sc2nc1=O.Cc1nn2c(=O)/c(=C\c3ccc(-c4ccc(Cl)cc4)o3)sc2nc1=O.Cc1nn2c(=O)/c(=C\c3ccc(-c4ccc(Cl)cc4)o3)sc2nc1=O.Cc1nn2c(=O)/c(=C\c3ccc(-c4ccc(Cl)cc4)o3)sc2nc1=O.Cc1nn2c(=O)/c(=C\c3ccc(-c4ccc(Cl)cc4)o3)sc2nc1=O. The van der Waals surface area contributed by atoms with E-state index in [1.807, 2.05) is 91.0 Å². The van der Waals surface area contributed by atoms with Crippen LogP contribution < -0.4 is 78.3 Å². The summed E-state index contributed by atoms with van der Waals surface area (Å²) in [5, 5.41) is 30.5. The van der Waals surface area contributed by atoms with Crippen LogP contribution in [0.25, 0.3) is 112 Å². The first-order valence-electron chi connectivity index (χ1n) is 37.4. The van der Waals surface area contributed by atoms with Crippen molar-refractivity contribution in [2.45, 2.75) is 41.5 Å². The first-order valence-corrected chi connectivity index (χ1v) is 43.4. The molecule has 0 saturated carbocycles. The Morgan fingerprint density at radius 1 is 0.271 bits per heavy atom. The highest BCUT2D eigenvalue weighted by molar-refractivity contribution is 7.16. The lowest BCUT2D eigenvalue weighted by molar-refractivity contribution is -0.134. The second-order valence-electron chi connectivity index (χ2n) is 27.1. The van der Waals surface area contributed by atoms with Crippen LogP contribution >= 0.6 is 115 Å². The van der Waals surface area contributed by atoms with E-state index in [1.54, 1.807) is 121 Å². The van der Waals surface area contributed by atoms with E-state index in [4.69, 9.17) is 90.0 Å². The van der Waals surface area contributed by atoms with Crippen LogP contribution in [0.1, 0.15) is 64.2 Å². The Hall–Kier alpha value is -14.4. The summed E-state index contributed by atoms with van der Waals surface area (Å²) in [7, 11) is 0. The van der Waals surface area contributed by atoms with Gasteiger partial charge < -0.3 is 27.2 Å². The van der Waals surface area contributed by atoms with Crippen LogP contribution in [-0.4, -0.2) is 84.1 Å². The van der Waals surface area contributed by atoms with Gasteiger partial charge in [0.1, 0.15) is 109 Å². The molecule has 0 aliphatic heterocycles. The van der Waals surface area contributed by atoms with Crippen LogP contribution in [0.2, 0.25) is 25.1 Å². The van der Waals surface area contributed by atoms with Gasteiger partial charge in [-0.25, -0.2) is 0 Å². The van der Waals surface area contributed by atoms with Crippen LogP contribution in [0.5, 0.6) is 0 Å². The Morgan fingerprint density at radius 3 is 0.566 bits per heavy atom. The summed E-state index contributed by atoms with van der Waals surface area (Å²) >= 11 is 34.9. The maximum atomic E-state index is 12.4. The van der Waals surface area contributed by atoms with E-state index in [-0.39, 0.29) is 81.1 Å². The number of nitrogens with zero attached hydrogens (tertiary/aromatic N) is 15. The Labute approximate surface area is 763 Å². The Morgan fingerprint density at radius 2 is 0.419 bits per heavy atom. The van der Waals surface area contributed by atoms with Crippen molar-refractivity contribution >= 4 is 176 Å². The zero-order chi connectivity index (χ0) is 91.3. The number of furan rings is 5. The molecule has 0 amide bonds. The Bertz CT molecular complexity index is 7560. The fraction of sp³-hybridized carbons (Fsp3) is 0.0690. The average molecular weight is 1920 g/mol. The summed E-state index contributed by atoms with van der Waals surface area (Å²) in [6.07, 6.45) is 8.07. The molecule has 20 aromatic rings. The molecule has 20 rings (SSSR count). The molecular weight excluding hydrogens is 1860 g/mol. The molecule has 644 valence electrons. The van der Waals surface area contributed by atoms with Crippen LogP contribution in [0.4, 0.5) is 0 Å². The average Bonchev–Trinajstić information content (AvgIpc) is 1.66. The van der Waals surface area contributed by atoms with Gasteiger partial charge in [0.25, 0.3) is 61.6 Å². The van der Waals surface area contributed by atoms with Crippen LogP contribution in [0, 0.1) is 34.6 Å². The van der Waals surface area contributed by atoms with Gasteiger partial charge in [-0.1, -0.05) is 115 Å². The molecule has 0 radical (unpaired) electrons. The van der Waals surface area contributed by atoms with Gasteiger partial charge in [-0.15, -0.1) is 0 Å². The lowest BCUT2D eigenvalue weighted by Crippen LogP contribution is -2.27. The molecule has 129 heavy (non-hydrogen) atoms. The molecule has 1 N–H and O–H groups in total. The molecule has 15 aromatic heterocycles. The predicted molar refractivity (Wildman–Crippen MR) is 494 cm³/mol. The molecule has 0 atom stereocenters. The van der Waals surface area contributed by atoms with Gasteiger partial charge in [-0.2, -0.15) is 73.0 Å². The Kier molecular flexibility index (Phi) is 26.7. The summed E-state index contributed by atoms with van der Waals surface area (Å²) in [5.74, 6) is 5.10. The van der Waals surface area contributed by atoms with E-state index in [2.05, 4.69) is 50.4 Å². The minimum absolute atomic E-state index is 0.182. The quantitative estimate of drug-likeness (QED) is 0.133. The fourth-order valence-corrected chi connectivity index (χ4v) is 16.6. The minimum Gasteiger partial charge on any atom is -0.481 e. The summed E-state index contributed by atoms with van der Waals surface area (Å²) < 4.78 is 36.5. The lowest BCUT2D eigenvalue weighted by Gasteiger charge is -1.96. The van der Waals surface area contributed by atoms with Crippen LogP contribution in [-0.2, 0) is 4.79 Å². The predicted octanol–water partition coefficient (Wildman–Crippen LogP) is 11.5. The van der Waals surface area contributed by atoms with Crippen molar-refractivity contribution in [1.29, 1.82) is 0 Å². The van der Waals surface area contributed by atoms with Gasteiger partial charge in [0.2, 0.25) is 24.8 Å². The third kappa shape index (κ3) is 20.8. The number of aliphatic carboxylic acids is 1. The number of carboxylic acids is 1. The highest BCUT2D eigenvalue weighted by Gasteiger charge is 2.18. The van der Waals surface area contributed by atoms with Crippen molar-refractivity contribution in [3.8, 4) is 56.6 Å². The molecule has 0 aliphatic rings. The molecule has 0 fully saturated rings. The highest BCUT2D eigenvalue weighted by Crippen LogP contribution is 2.30. The number of carbonyl (C=O) groups is 1. The Balaban J connectivity index is 0.000000122. The van der Waals surface area contributed by atoms with E-state index >= 15 is 0 Å². The van der Waals surface area contributed by atoms with E-state index in [0.29, 0.717) is 105 Å². The van der Waals surface area contributed by atoms with Gasteiger partial charge in [0.05, 0.1) is 0 Å². The summed E-state index contributed by atoms with van der Waals surface area (Å²) in [4.78, 5) is 149. The first-order chi connectivity index (χ1) is 61.8. The summed E-state index contributed by atoms with van der Waals surface area (Å²) in [6.45, 7) is 8.69. The highest BCUT2D eigenvalue weighted by atomic mass is 35.5. The topological polar surface area (TPSA) is 425 Å². The third-order valence-corrected chi connectivity index (χ3v) is 23.9. The lowest BCUT2D eigenvalue weighted by atomic mass is 10.2. The second kappa shape index (κ2) is 38.4. The molecule has 5 aromatic carbocycles. The monoisotopic (exact) mass is 1920 g/mol. The van der Waals surface area contributed by atoms with E-state index in [1.165, 1.54) is 34.6 Å². The number of halogens is 5. The first kappa shape index (κ1) is 89.4. The van der Waals surface area contributed by atoms with Gasteiger partial charge in [0, 0.05) is 90.2 Å². The number of fused-ring (bicyclic) bond motifs is 5. The van der Waals surface area contributed by atoms with Gasteiger partial charge in [-0.05, 0) is 217 Å². The number of aryl methyl sites for hydroxylation is 5. The number of hydrogen-bond donors (Lipinski definition) is 1. The molecule has 0 saturated heterocycles. The molecule has 0 spiro atoms. The second-order valence-corrected chi connectivity index (χ2v) is 34.4. The van der Waals surface area contributed by atoms with Crippen molar-refractivity contribution in [3.05, 3.63) is 391 Å². The summed E-state index contributed by atoms with van der Waals surface area (Å²) in [5.41, 5.74) is 1.48. The van der Waals surface area contributed by atoms with Gasteiger partial charge in [-0.3, -0.25) is 52.7 Å². The maximum absolute atomic E-state index is 12.4. The molecule has 0 bridgehead atoms. The smallest absolute Gasteiger partial charge is 0.300 e. The molecule has 0 aliphatic carbocycles. The maximum Gasteiger partial charge on any atom is 0.300 e. The van der Waals surface area contributed by atoms with Crippen LogP contribution in [0.15, 0.2) is 252 Å². The van der Waals surface area contributed by atoms with Crippen molar-refractivity contribution in [3.63, 3.8) is 0 Å². The van der Waals surface area contributed by atoms with Gasteiger partial charge >= 0.3 is 0 Å². The molecule has 32 nitrogen and oxygen atoms in total.